The SMILES string of the molecule is Cc1ncsc1-c1ccc([C@H](C)NC(=O)[C@@H]2C[C@@H](OC(=O)OC(C)C)CN2C(=O)[C@@H](CC(=O)COCCCCCNc2ccc(C(=O)NC3C(C)(C)C(Oc4ccc(C#N)c(Cl)c4)C3(C)C)cc2)C(C)(C)C)cc1. The molecule has 3 N–H and O–H groups in total. The fourth-order valence-corrected chi connectivity index (χ4v) is 11.4. The Morgan fingerprint density at radius 2 is 1.64 bits per heavy atom. The molecule has 0 bridgehead atoms. The van der Waals surface area contributed by atoms with Crippen LogP contribution in [0.3, 0.4) is 0 Å². The number of hydrogen-bond acceptors (Lipinski definition) is 13. The number of carbonyl (C=O) groups is 5. The van der Waals surface area contributed by atoms with Gasteiger partial charge in [-0.25, -0.2) is 9.78 Å². The lowest BCUT2D eigenvalue weighted by Gasteiger charge is -2.63. The third-order valence-corrected chi connectivity index (χ3v) is 15.4. The van der Waals surface area contributed by atoms with E-state index in [-0.39, 0.29) is 72.5 Å². The van der Waals surface area contributed by atoms with Crippen LogP contribution in [0.2, 0.25) is 5.02 Å². The third kappa shape index (κ3) is 14.2. The van der Waals surface area contributed by atoms with E-state index in [1.165, 1.54) is 4.90 Å². The lowest BCUT2D eigenvalue weighted by molar-refractivity contribution is -0.164. The number of ketones is 1. The first-order chi connectivity index (χ1) is 34.9. The van der Waals surface area contributed by atoms with Gasteiger partial charge in [0.25, 0.3) is 5.91 Å². The summed E-state index contributed by atoms with van der Waals surface area (Å²) in [6, 6.07) is 20.9. The number of hydrogen-bond donors (Lipinski definition) is 3. The van der Waals surface area contributed by atoms with Gasteiger partial charge in [0.05, 0.1) is 45.4 Å². The second-order valence-corrected chi connectivity index (χ2v) is 23.4. The predicted molar refractivity (Wildman–Crippen MR) is 287 cm³/mol. The van der Waals surface area contributed by atoms with E-state index in [1.54, 1.807) is 55.5 Å². The van der Waals surface area contributed by atoms with Gasteiger partial charge in [-0.3, -0.25) is 19.2 Å². The summed E-state index contributed by atoms with van der Waals surface area (Å²) in [5.41, 5.74) is 5.08. The lowest BCUT2D eigenvalue weighted by atomic mass is 9.49. The molecule has 0 unspecified atom stereocenters. The van der Waals surface area contributed by atoms with Crippen LogP contribution in [0.1, 0.15) is 135 Å². The van der Waals surface area contributed by atoms with Gasteiger partial charge in [0.1, 0.15) is 36.7 Å². The first-order valence-electron chi connectivity index (χ1n) is 25.5. The number of amides is 3. The molecule has 1 saturated carbocycles. The molecule has 1 aliphatic carbocycles. The van der Waals surface area contributed by atoms with Gasteiger partial charge in [-0.15, -0.1) is 11.3 Å². The molecule has 17 heteroatoms. The van der Waals surface area contributed by atoms with Crippen molar-refractivity contribution in [1.82, 2.24) is 20.5 Å². The van der Waals surface area contributed by atoms with Crippen LogP contribution in [0.5, 0.6) is 5.75 Å². The molecule has 6 rings (SSSR count). The van der Waals surface area contributed by atoms with E-state index in [4.69, 9.17) is 30.5 Å². The van der Waals surface area contributed by atoms with Crippen LogP contribution in [0.15, 0.2) is 72.2 Å². The number of unbranched alkanes of at least 4 members (excludes halogenated alkanes) is 2. The Hall–Kier alpha value is -6.02. The highest BCUT2D eigenvalue weighted by molar-refractivity contribution is 7.13. The molecule has 4 atom stereocenters. The van der Waals surface area contributed by atoms with Gasteiger partial charge in [-0.05, 0) is 99.9 Å². The van der Waals surface area contributed by atoms with E-state index >= 15 is 0 Å². The number of nitrogens with zero attached hydrogens (tertiary/aromatic N) is 3. The molecule has 1 saturated heterocycles. The smallest absolute Gasteiger partial charge is 0.489 e. The Balaban J connectivity index is 0.935. The second-order valence-electron chi connectivity index (χ2n) is 22.1. The molecule has 2 heterocycles. The monoisotopic (exact) mass is 1050 g/mol. The number of nitriles is 1. The minimum Gasteiger partial charge on any atom is -0.489 e. The topological polar surface area (TPSA) is 198 Å². The fourth-order valence-electron chi connectivity index (χ4n) is 10.4. The summed E-state index contributed by atoms with van der Waals surface area (Å²) in [6.07, 6.45) is 0.151. The average molecular weight is 1050 g/mol. The second kappa shape index (κ2) is 24.6. The molecule has 0 radical (unpaired) electrons. The zero-order valence-electron chi connectivity index (χ0n) is 44.6. The highest BCUT2D eigenvalue weighted by Gasteiger charge is 2.64. The Morgan fingerprint density at radius 3 is 2.24 bits per heavy atom. The molecule has 15 nitrogen and oxygen atoms in total. The van der Waals surface area contributed by atoms with E-state index < -0.39 is 41.8 Å². The lowest BCUT2D eigenvalue weighted by Crippen LogP contribution is -2.74. The number of Topliss-reactive ketones (excluding diaryl/α,β-unsaturated/α-hetero) is 1. The number of aryl methyl sites for hydroxylation is 1. The molecule has 74 heavy (non-hydrogen) atoms. The van der Waals surface area contributed by atoms with Crippen LogP contribution >= 0.6 is 22.9 Å². The fraction of sp³-hybridized carbons (Fsp3) is 0.526. The highest BCUT2D eigenvalue weighted by Crippen LogP contribution is 2.55. The molecule has 2 aliphatic rings. The van der Waals surface area contributed by atoms with E-state index in [0.29, 0.717) is 35.1 Å². The number of anilines is 1. The van der Waals surface area contributed by atoms with E-state index in [1.807, 2.05) is 76.5 Å². The van der Waals surface area contributed by atoms with Crippen molar-refractivity contribution in [3.8, 4) is 22.3 Å². The number of likely N-dealkylation sites (tertiary alicyclic amines) is 1. The van der Waals surface area contributed by atoms with Gasteiger partial charge in [-0.1, -0.05) is 84.3 Å². The maximum atomic E-state index is 14.5. The normalized spacial score (nSPS) is 19.6. The number of nitrogens with one attached hydrogen (secondary N) is 3. The van der Waals surface area contributed by atoms with Crippen molar-refractivity contribution in [1.29, 1.82) is 5.26 Å². The standard InChI is InChI=1S/C57H73ClN6O9S/c1-34(2)71-54(69)73-44-29-47(50(67)62-35(3)37-15-17-38(18-16-37)48-36(4)61-33-74-48)64(31-44)51(68)45(55(5,6)7)27-42(65)32-70-26-14-12-13-25-60-41-22-19-39(20-23-41)49(66)63-52-56(8,9)53(57(52,10)11)72-43-24-21-40(30-59)46(58)28-43/h15-24,28,33-35,44-45,47,52-53,60H,12-14,25-27,29,31-32H2,1-11H3,(H,62,67)(H,63,66)/t35-,44+,45+,47-,52?,53?/m0/s1. The Bertz CT molecular complexity index is 2640. The van der Waals surface area contributed by atoms with Gasteiger partial charge >= 0.3 is 6.16 Å². The van der Waals surface area contributed by atoms with Crippen LogP contribution in [-0.4, -0.2) is 96.2 Å². The minimum atomic E-state index is -0.949. The summed E-state index contributed by atoms with van der Waals surface area (Å²) >= 11 is 7.82. The summed E-state index contributed by atoms with van der Waals surface area (Å²) in [4.78, 5) is 74.9. The molecule has 4 aromatic rings. The number of halogens is 1. The molecule has 3 aromatic carbocycles. The Morgan fingerprint density at radius 1 is 0.946 bits per heavy atom. The van der Waals surface area contributed by atoms with Crippen molar-refractivity contribution in [2.24, 2.45) is 22.2 Å². The van der Waals surface area contributed by atoms with Crippen molar-refractivity contribution < 1.29 is 42.9 Å². The van der Waals surface area contributed by atoms with Crippen LogP contribution < -0.4 is 20.7 Å². The van der Waals surface area contributed by atoms with Crippen molar-refractivity contribution >= 4 is 58.3 Å². The molecule has 1 aromatic heterocycles. The predicted octanol–water partition coefficient (Wildman–Crippen LogP) is 10.9. The summed E-state index contributed by atoms with van der Waals surface area (Å²) in [7, 11) is 0. The molecule has 398 valence electrons. The van der Waals surface area contributed by atoms with Crippen molar-refractivity contribution in [2.45, 2.75) is 145 Å². The number of carbonyl (C=O) groups excluding carboxylic acids is 5. The summed E-state index contributed by atoms with van der Waals surface area (Å²) < 4.78 is 23.0. The number of ether oxygens (including phenoxy) is 4. The zero-order valence-corrected chi connectivity index (χ0v) is 46.2. The average Bonchev–Trinajstić information content (AvgIpc) is 3.97. The van der Waals surface area contributed by atoms with E-state index in [9.17, 15) is 29.2 Å². The van der Waals surface area contributed by atoms with Crippen molar-refractivity contribution in [3.63, 3.8) is 0 Å². The molecule has 2 fully saturated rings. The summed E-state index contributed by atoms with van der Waals surface area (Å²) in [5, 5.41) is 19.3. The van der Waals surface area contributed by atoms with Crippen molar-refractivity contribution in [3.05, 3.63) is 99.6 Å². The van der Waals surface area contributed by atoms with Gasteiger partial charge in [0, 0.05) is 66.1 Å². The van der Waals surface area contributed by atoms with Gasteiger partial charge in [0.2, 0.25) is 11.8 Å². The van der Waals surface area contributed by atoms with Crippen molar-refractivity contribution in [2.75, 3.05) is 31.6 Å². The maximum absolute atomic E-state index is 14.5. The molecule has 0 spiro atoms. The number of benzene rings is 3. The van der Waals surface area contributed by atoms with E-state index in [0.717, 1.165) is 46.6 Å². The number of rotatable bonds is 22. The largest absolute Gasteiger partial charge is 0.508 e. The first-order valence-corrected chi connectivity index (χ1v) is 26.8. The molecular weight excluding hydrogens is 980 g/mol. The molecular formula is C57H73ClN6O9S. The third-order valence-electron chi connectivity index (χ3n) is 14.1. The molecule has 3 amide bonds. The van der Waals surface area contributed by atoms with Gasteiger partial charge < -0.3 is 39.8 Å². The van der Waals surface area contributed by atoms with Crippen LogP contribution in [0.4, 0.5) is 10.5 Å². The van der Waals surface area contributed by atoms with Crippen LogP contribution in [0.25, 0.3) is 10.4 Å². The van der Waals surface area contributed by atoms with Crippen LogP contribution in [-0.2, 0) is 28.6 Å². The first kappa shape index (κ1) is 57.3. The number of thiazole rings is 1. The molecule has 1 aliphatic heterocycles. The highest BCUT2D eigenvalue weighted by atomic mass is 35.5. The van der Waals surface area contributed by atoms with Gasteiger partial charge in [-0.2, -0.15) is 5.26 Å². The number of aromatic nitrogens is 1. The van der Waals surface area contributed by atoms with E-state index in [2.05, 4.69) is 54.7 Å². The zero-order chi connectivity index (χ0) is 54.1. The van der Waals surface area contributed by atoms with Crippen LogP contribution in [0, 0.1) is 40.4 Å². The Kier molecular flexibility index (Phi) is 19.0. The summed E-state index contributed by atoms with van der Waals surface area (Å²) in [5.74, 6) is -1.35. The maximum Gasteiger partial charge on any atom is 0.508 e. The quantitative estimate of drug-likeness (QED) is 0.0498. The minimum absolute atomic E-state index is 0.0219. The Labute approximate surface area is 445 Å². The summed E-state index contributed by atoms with van der Waals surface area (Å²) in [6.45, 7) is 22.1. The van der Waals surface area contributed by atoms with Gasteiger partial charge in [0.15, 0.2) is 5.78 Å².